The van der Waals surface area contributed by atoms with Crippen LogP contribution in [0.3, 0.4) is 0 Å². The molecular weight excluding hydrogens is 741 g/mol. The molecule has 4 heteroatoms. The van der Waals surface area contributed by atoms with Crippen molar-refractivity contribution in [2.45, 2.75) is 0 Å². The van der Waals surface area contributed by atoms with Crippen molar-refractivity contribution in [3.05, 3.63) is 243 Å². The standard InChI is InChI=1S/C57H40N4/c1-5-18-43(19-6-1)54-51-28-13-14-29-52(51)61(56(54)44-20-7-2-8-21-44)49-37-33-42(34-38-49)41-31-35-48(36-32-41)60(47-25-11-4-12-26-47)50-27-17-24-46(40-50)55-57(45-22-9-3-10-23-45)59-39-16-15-30-53(59)58-55/h1-40H. The third-order valence-corrected chi connectivity index (χ3v) is 11.5. The van der Waals surface area contributed by atoms with Crippen molar-refractivity contribution in [3.63, 3.8) is 0 Å². The summed E-state index contributed by atoms with van der Waals surface area (Å²) in [4.78, 5) is 7.49. The number of aromatic nitrogens is 3. The molecule has 0 atom stereocenters. The van der Waals surface area contributed by atoms with Crippen molar-refractivity contribution in [1.29, 1.82) is 0 Å². The zero-order valence-electron chi connectivity index (χ0n) is 33.4. The zero-order valence-corrected chi connectivity index (χ0v) is 33.4. The van der Waals surface area contributed by atoms with Gasteiger partial charge in [-0.25, -0.2) is 4.98 Å². The molecule has 0 fully saturated rings. The van der Waals surface area contributed by atoms with Gasteiger partial charge >= 0.3 is 0 Å². The van der Waals surface area contributed by atoms with Crippen LogP contribution in [0, 0.1) is 0 Å². The van der Waals surface area contributed by atoms with Gasteiger partial charge in [0.15, 0.2) is 0 Å². The number of hydrogen-bond acceptors (Lipinski definition) is 2. The van der Waals surface area contributed by atoms with E-state index < -0.39 is 0 Å². The van der Waals surface area contributed by atoms with Crippen molar-refractivity contribution in [2.24, 2.45) is 0 Å². The molecule has 0 aliphatic heterocycles. The monoisotopic (exact) mass is 780 g/mol. The Hall–Kier alpha value is -8.21. The van der Waals surface area contributed by atoms with E-state index in [-0.39, 0.29) is 0 Å². The largest absolute Gasteiger partial charge is 0.310 e. The maximum Gasteiger partial charge on any atom is 0.137 e. The molecule has 0 N–H and O–H groups in total. The predicted octanol–water partition coefficient (Wildman–Crippen LogP) is 15.1. The molecule has 61 heavy (non-hydrogen) atoms. The van der Waals surface area contributed by atoms with Crippen LogP contribution in [0.25, 0.3) is 78.3 Å². The third kappa shape index (κ3) is 6.57. The lowest BCUT2D eigenvalue weighted by Crippen LogP contribution is -2.09. The van der Waals surface area contributed by atoms with Crippen molar-refractivity contribution in [1.82, 2.24) is 14.0 Å². The van der Waals surface area contributed by atoms with Crippen molar-refractivity contribution >= 4 is 33.6 Å². The Bertz CT molecular complexity index is 3260. The maximum atomic E-state index is 5.17. The first-order valence-corrected chi connectivity index (χ1v) is 20.7. The molecule has 288 valence electrons. The molecule has 0 aliphatic carbocycles. The second-order valence-corrected chi connectivity index (χ2v) is 15.2. The average molecular weight is 781 g/mol. The normalized spacial score (nSPS) is 11.3. The molecule has 0 amide bonds. The second-order valence-electron chi connectivity index (χ2n) is 15.2. The van der Waals surface area contributed by atoms with Gasteiger partial charge in [0.25, 0.3) is 0 Å². The van der Waals surface area contributed by atoms with E-state index in [0.29, 0.717) is 0 Å². The Morgan fingerprint density at radius 2 is 0.885 bits per heavy atom. The van der Waals surface area contributed by atoms with Gasteiger partial charge in [0.1, 0.15) is 5.65 Å². The van der Waals surface area contributed by atoms with Crippen LogP contribution in [-0.2, 0) is 0 Å². The van der Waals surface area contributed by atoms with Crippen molar-refractivity contribution in [2.75, 3.05) is 4.90 Å². The van der Waals surface area contributed by atoms with Crippen LogP contribution in [-0.4, -0.2) is 14.0 Å². The van der Waals surface area contributed by atoms with Gasteiger partial charge in [0.2, 0.25) is 0 Å². The Morgan fingerprint density at radius 3 is 1.57 bits per heavy atom. The highest BCUT2D eigenvalue weighted by atomic mass is 15.1. The van der Waals surface area contributed by atoms with Crippen LogP contribution >= 0.6 is 0 Å². The second kappa shape index (κ2) is 15.5. The molecule has 11 aromatic rings. The summed E-state index contributed by atoms with van der Waals surface area (Å²) in [6.07, 6.45) is 2.09. The molecule has 0 spiro atoms. The van der Waals surface area contributed by atoms with Crippen LogP contribution in [0.4, 0.5) is 17.1 Å². The van der Waals surface area contributed by atoms with E-state index in [4.69, 9.17) is 4.98 Å². The average Bonchev–Trinajstić information content (AvgIpc) is 3.90. The number of nitrogens with zero attached hydrogens (tertiary/aromatic N) is 4. The first-order chi connectivity index (χ1) is 30.3. The van der Waals surface area contributed by atoms with E-state index >= 15 is 0 Å². The first kappa shape index (κ1) is 35.9. The molecule has 3 aromatic heterocycles. The minimum Gasteiger partial charge on any atom is -0.310 e. The third-order valence-electron chi connectivity index (χ3n) is 11.5. The summed E-state index contributed by atoms with van der Waals surface area (Å²) in [7, 11) is 0. The van der Waals surface area contributed by atoms with Gasteiger partial charge in [-0.3, -0.25) is 4.40 Å². The fourth-order valence-corrected chi connectivity index (χ4v) is 8.77. The molecule has 11 rings (SSSR count). The summed E-state index contributed by atoms with van der Waals surface area (Å²) in [5, 5.41) is 1.23. The SMILES string of the molecule is c1ccc(-c2c(-c3ccccc3)n(-c3ccc(-c4ccc(N(c5ccccc5)c5cccc(-c6nc7ccccn7c6-c6ccccc6)c5)cc4)cc3)c3ccccc23)cc1. The number of hydrogen-bond donors (Lipinski definition) is 0. The smallest absolute Gasteiger partial charge is 0.137 e. The van der Waals surface area contributed by atoms with Crippen molar-refractivity contribution in [3.8, 4) is 61.7 Å². The topological polar surface area (TPSA) is 25.5 Å². The minimum atomic E-state index is 0.917. The van der Waals surface area contributed by atoms with Gasteiger partial charge in [-0.05, 0) is 89.0 Å². The molecule has 0 unspecified atom stereocenters. The van der Waals surface area contributed by atoms with Crippen molar-refractivity contribution < 1.29 is 0 Å². The molecule has 4 nitrogen and oxygen atoms in total. The maximum absolute atomic E-state index is 5.17. The van der Waals surface area contributed by atoms with E-state index in [0.717, 1.165) is 62.0 Å². The number of imidazole rings is 1. The Kier molecular flexibility index (Phi) is 9.14. The summed E-state index contributed by atoms with van der Waals surface area (Å²) in [5.74, 6) is 0. The van der Waals surface area contributed by atoms with Crippen LogP contribution in [0.5, 0.6) is 0 Å². The molecule has 0 aliphatic rings. The minimum absolute atomic E-state index is 0.917. The molecule has 0 saturated carbocycles. The quantitative estimate of drug-likeness (QED) is 0.146. The van der Waals surface area contributed by atoms with Gasteiger partial charge in [-0.2, -0.15) is 0 Å². The van der Waals surface area contributed by atoms with Crippen LogP contribution in [0.1, 0.15) is 0 Å². The lowest BCUT2D eigenvalue weighted by molar-refractivity contribution is 1.14. The summed E-state index contributed by atoms with van der Waals surface area (Å²) < 4.78 is 4.60. The molecule has 8 aromatic carbocycles. The predicted molar refractivity (Wildman–Crippen MR) is 254 cm³/mol. The molecule has 0 bridgehead atoms. The van der Waals surface area contributed by atoms with E-state index in [9.17, 15) is 0 Å². The number of fused-ring (bicyclic) bond motifs is 2. The number of anilines is 3. The summed E-state index contributed by atoms with van der Waals surface area (Å²) in [6.45, 7) is 0. The fourth-order valence-electron chi connectivity index (χ4n) is 8.77. The number of benzene rings is 8. The highest BCUT2D eigenvalue weighted by Gasteiger charge is 2.22. The molecule has 3 heterocycles. The Morgan fingerprint density at radius 1 is 0.361 bits per heavy atom. The first-order valence-electron chi connectivity index (χ1n) is 20.7. The molecular formula is C57H40N4. The lowest BCUT2D eigenvalue weighted by atomic mass is 9.98. The molecule has 0 radical (unpaired) electrons. The molecule has 0 saturated heterocycles. The van der Waals surface area contributed by atoms with E-state index in [2.05, 4.69) is 251 Å². The number of para-hydroxylation sites is 2. The van der Waals surface area contributed by atoms with Crippen LogP contribution in [0.2, 0.25) is 0 Å². The van der Waals surface area contributed by atoms with Gasteiger partial charge < -0.3 is 9.47 Å². The zero-order chi connectivity index (χ0) is 40.5. The van der Waals surface area contributed by atoms with E-state index in [1.165, 1.54) is 33.3 Å². The number of pyridine rings is 1. The summed E-state index contributed by atoms with van der Waals surface area (Å²) in [5.41, 5.74) is 17.8. The Labute approximate surface area is 355 Å². The highest BCUT2D eigenvalue weighted by molar-refractivity contribution is 6.05. The highest BCUT2D eigenvalue weighted by Crippen LogP contribution is 2.44. The van der Waals surface area contributed by atoms with Crippen LogP contribution < -0.4 is 4.90 Å². The van der Waals surface area contributed by atoms with Crippen LogP contribution in [0.15, 0.2) is 243 Å². The van der Waals surface area contributed by atoms with E-state index in [1.54, 1.807) is 0 Å². The van der Waals surface area contributed by atoms with Gasteiger partial charge in [-0.1, -0.05) is 170 Å². The lowest BCUT2D eigenvalue weighted by Gasteiger charge is -2.26. The van der Waals surface area contributed by atoms with Gasteiger partial charge in [-0.15, -0.1) is 0 Å². The van der Waals surface area contributed by atoms with E-state index in [1.807, 2.05) is 6.07 Å². The van der Waals surface area contributed by atoms with Gasteiger partial charge in [0.05, 0.1) is 22.6 Å². The Balaban J connectivity index is 0.967. The number of rotatable bonds is 9. The fraction of sp³-hybridized carbons (Fsp3) is 0. The van der Waals surface area contributed by atoms with Gasteiger partial charge in [0, 0.05) is 51.0 Å². The summed E-state index contributed by atoms with van der Waals surface area (Å²) in [6, 6.07) is 84.2. The summed E-state index contributed by atoms with van der Waals surface area (Å²) >= 11 is 0.